The highest BCUT2D eigenvalue weighted by atomic mass is 14.4. The minimum atomic E-state index is 0.360. The topological polar surface area (TPSA) is 0 Å². The van der Waals surface area contributed by atoms with Gasteiger partial charge in [-0.15, -0.1) is 0 Å². The van der Waals surface area contributed by atoms with Crippen LogP contribution in [0.15, 0.2) is 37.4 Å². The van der Waals surface area contributed by atoms with Crippen LogP contribution in [0.25, 0.3) is 11.6 Å². The molecule has 0 amide bonds. The highest BCUT2D eigenvalue weighted by Crippen LogP contribution is 2.54. The van der Waals surface area contributed by atoms with Gasteiger partial charge in [0.15, 0.2) is 0 Å². The van der Waals surface area contributed by atoms with Crippen molar-refractivity contribution in [2.45, 2.75) is 33.6 Å². The molecule has 0 unspecified atom stereocenters. The van der Waals surface area contributed by atoms with Crippen molar-refractivity contribution in [3.05, 3.63) is 48.6 Å². The van der Waals surface area contributed by atoms with Crippen LogP contribution in [0.3, 0.4) is 0 Å². The Morgan fingerprint density at radius 3 is 2.31 bits per heavy atom. The van der Waals surface area contributed by atoms with Gasteiger partial charge < -0.3 is 0 Å². The number of rotatable bonds is 3. The summed E-state index contributed by atoms with van der Waals surface area (Å²) >= 11 is 0. The van der Waals surface area contributed by atoms with Gasteiger partial charge in [-0.25, -0.2) is 0 Å². The summed E-state index contributed by atoms with van der Waals surface area (Å²) in [6.45, 7) is 14.3. The summed E-state index contributed by atoms with van der Waals surface area (Å²) in [6.07, 6.45) is 4.46. The van der Waals surface area contributed by atoms with Crippen molar-refractivity contribution in [1.82, 2.24) is 0 Å². The summed E-state index contributed by atoms with van der Waals surface area (Å²) in [5, 5.41) is 0. The summed E-state index contributed by atoms with van der Waals surface area (Å²) in [4.78, 5) is 0. The lowest BCUT2D eigenvalue weighted by Crippen LogP contribution is -1.98. The van der Waals surface area contributed by atoms with Crippen LogP contribution < -0.4 is 0 Å². The van der Waals surface area contributed by atoms with E-state index < -0.39 is 0 Å². The molecule has 16 heavy (non-hydrogen) atoms. The van der Waals surface area contributed by atoms with E-state index in [0.29, 0.717) is 5.41 Å². The fraction of sp³-hybridized carbons (Fsp3) is 0.375. The molecule has 2 rings (SSSR count). The van der Waals surface area contributed by atoms with Gasteiger partial charge in [0.1, 0.15) is 0 Å². The normalized spacial score (nSPS) is 15.7. The van der Waals surface area contributed by atoms with Gasteiger partial charge >= 0.3 is 0 Å². The van der Waals surface area contributed by atoms with Crippen LogP contribution in [0.4, 0.5) is 0 Å². The molecular weight excluding hydrogens is 192 g/mol. The molecule has 0 nitrogen and oxygen atoms in total. The van der Waals surface area contributed by atoms with Crippen LogP contribution in [-0.2, 0) is 0 Å². The monoisotopic (exact) mass is 214 g/mol. The standard InChI is InChI=1S/C14H16.C2H6/c1-4-12-7-5-6-8-13(12)11(2)14(3)9-10-14;1-2/h4-8H,1-2,9-10H2,3H3;1-2H3. The Labute approximate surface area is 99.7 Å². The summed E-state index contributed by atoms with van der Waals surface area (Å²) in [6, 6.07) is 8.35. The highest BCUT2D eigenvalue weighted by molar-refractivity contribution is 5.77. The lowest BCUT2D eigenvalue weighted by atomic mass is 9.90. The van der Waals surface area contributed by atoms with Crippen molar-refractivity contribution in [3.63, 3.8) is 0 Å². The zero-order valence-corrected chi connectivity index (χ0v) is 10.7. The van der Waals surface area contributed by atoms with Gasteiger partial charge in [-0.05, 0) is 35.0 Å². The zero-order chi connectivity index (χ0) is 12.2. The zero-order valence-electron chi connectivity index (χ0n) is 10.7. The maximum absolute atomic E-state index is 4.22. The lowest BCUT2D eigenvalue weighted by molar-refractivity contribution is 0.775. The maximum Gasteiger partial charge on any atom is -0.00743 e. The molecule has 1 saturated carbocycles. The van der Waals surface area contributed by atoms with Crippen LogP contribution in [0, 0.1) is 5.41 Å². The Morgan fingerprint density at radius 2 is 1.81 bits per heavy atom. The molecule has 0 heteroatoms. The number of allylic oxidation sites excluding steroid dienone is 1. The van der Waals surface area contributed by atoms with Crippen molar-refractivity contribution in [2.75, 3.05) is 0 Å². The number of benzene rings is 1. The molecule has 0 aromatic heterocycles. The van der Waals surface area contributed by atoms with Crippen LogP contribution in [0.2, 0.25) is 0 Å². The molecule has 0 aliphatic heterocycles. The first-order valence-electron chi connectivity index (χ1n) is 6.08. The predicted molar refractivity (Wildman–Crippen MR) is 74.3 cm³/mol. The quantitative estimate of drug-likeness (QED) is 0.651. The van der Waals surface area contributed by atoms with Crippen LogP contribution in [-0.4, -0.2) is 0 Å². The van der Waals surface area contributed by atoms with Gasteiger partial charge in [-0.2, -0.15) is 0 Å². The van der Waals surface area contributed by atoms with E-state index in [-0.39, 0.29) is 0 Å². The average Bonchev–Trinajstić information content (AvgIpc) is 3.10. The first kappa shape index (κ1) is 12.8. The van der Waals surface area contributed by atoms with E-state index in [1.54, 1.807) is 0 Å². The summed E-state index contributed by atoms with van der Waals surface area (Å²) in [7, 11) is 0. The van der Waals surface area contributed by atoms with E-state index in [0.717, 1.165) is 0 Å². The first-order chi connectivity index (χ1) is 7.67. The summed E-state index contributed by atoms with van der Waals surface area (Å²) < 4.78 is 0. The SMILES string of the molecule is C=Cc1ccccc1C(=C)C1(C)CC1.CC. The second-order valence-electron chi connectivity index (χ2n) is 4.33. The van der Waals surface area contributed by atoms with Crippen LogP contribution in [0.1, 0.15) is 44.7 Å². The van der Waals surface area contributed by atoms with Gasteiger partial charge in [0, 0.05) is 0 Å². The van der Waals surface area contributed by atoms with Crippen LogP contribution >= 0.6 is 0 Å². The van der Waals surface area contributed by atoms with Crippen molar-refractivity contribution in [3.8, 4) is 0 Å². The summed E-state index contributed by atoms with van der Waals surface area (Å²) in [5.74, 6) is 0. The third-order valence-electron chi connectivity index (χ3n) is 3.23. The highest BCUT2D eigenvalue weighted by Gasteiger charge is 2.40. The minimum Gasteiger partial charge on any atom is -0.0984 e. The molecule has 86 valence electrons. The van der Waals surface area contributed by atoms with Gasteiger partial charge in [0.05, 0.1) is 0 Å². The van der Waals surface area contributed by atoms with Crippen molar-refractivity contribution >= 4 is 11.6 Å². The smallest absolute Gasteiger partial charge is 0.00743 e. The van der Waals surface area contributed by atoms with Crippen LogP contribution in [0.5, 0.6) is 0 Å². The molecule has 0 bridgehead atoms. The molecular formula is C16H22. The Bertz CT molecular complexity index is 381. The van der Waals surface area contributed by atoms with Crippen molar-refractivity contribution in [1.29, 1.82) is 0 Å². The third-order valence-corrected chi connectivity index (χ3v) is 3.23. The average molecular weight is 214 g/mol. The van der Waals surface area contributed by atoms with Crippen molar-refractivity contribution < 1.29 is 0 Å². The molecule has 0 saturated heterocycles. The maximum atomic E-state index is 4.22. The fourth-order valence-electron chi connectivity index (χ4n) is 1.76. The van der Waals surface area contributed by atoms with E-state index in [1.165, 1.54) is 29.5 Å². The molecule has 0 atom stereocenters. The van der Waals surface area contributed by atoms with E-state index in [1.807, 2.05) is 26.0 Å². The Balaban J connectivity index is 0.000000606. The second-order valence-corrected chi connectivity index (χ2v) is 4.33. The first-order valence-corrected chi connectivity index (χ1v) is 6.08. The molecule has 0 spiro atoms. The van der Waals surface area contributed by atoms with E-state index in [2.05, 4.69) is 38.3 Å². The Morgan fingerprint density at radius 1 is 1.25 bits per heavy atom. The third kappa shape index (κ3) is 2.44. The van der Waals surface area contributed by atoms with E-state index in [9.17, 15) is 0 Å². The Kier molecular flexibility index (Phi) is 4.12. The van der Waals surface area contributed by atoms with Gasteiger partial charge in [-0.3, -0.25) is 0 Å². The molecule has 1 aromatic carbocycles. The fourth-order valence-corrected chi connectivity index (χ4v) is 1.76. The molecule has 1 fully saturated rings. The molecule has 0 N–H and O–H groups in total. The molecule has 1 aliphatic rings. The molecule has 1 aliphatic carbocycles. The second kappa shape index (κ2) is 5.16. The molecule has 1 aromatic rings. The minimum absolute atomic E-state index is 0.360. The largest absolute Gasteiger partial charge is 0.0984 e. The predicted octanol–water partition coefficient (Wildman–Crippen LogP) is 5.17. The van der Waals surface area contributed by atoms with Gasteiger partial charge in [0.2, 0.25) is 0 Å². The number of hydrogen-bond acceptors (Lipinski definition) is 0. The van der Waals surface area contributed by atoms with Crippen molar-refractivity contribution in [2.24, 2.45) is 5.41 Å². The molecule has 0 heterocycles. The van der Waals surface area contributed by atoms with Gasteiger partial charge in [-0.1, -0.05) is 64.3 Å². The lowest BCUT2D eigenvalue weighted by Gasteiger charge is -2.15. The van der Waals surface area contributed by atoms with E-state index in [4.69, 9.17) is 0 Å². The van der Waals surface area contributed by atoms with Gasteiger partial charge in [0.25, 0.3) is 0 Å². The molecule has 0 radical (unpaired) electrons. The number of hydrogen-bond donors (Lipinski definition) is 0. The van der Waals surface area contributed by atoms with E-state index >= 15 is 0 Å². The Hall–Kier alpha value is -1.30. The summed E-state index contributed by atoms with van der Waals surface area (Å²) in [5.41, 5.74) is 4.10.